The molecule has 0 spiro atoms. The fraction of sp³-hybridized carbons (Fsp3) is 0.333. The molecule has 4 atom stereocenters. The Labute approximate surface area is 330 Å². The number of nitrogens with one attached hydrogen (secondary N) is 4. The van der Waals surface area contributed by atoms with Crippen molar-refractivity contribution in [3.05, 3.63) is 166 Å². The van der Waals surface area contributed by atoms with E-state index in [1.54, 1.807) is 24.8 Å². The molecule has 0 fully saturated rings. The number of carbonyl (C=O) groups is 4. The van der Waals surface area contributed by atoms with Gasteiger partial charge in [-0.3, -0.25) is 19.2 Å². The first-order valence-corrected chi connectivity index (χ1v) is 19.7. The fourth-order valence-electron chi connectivity index (χ4n) is 9.01. The van der Waals surface area contributed by atoms with Gasteiger partial charge in [-0.1, -0.05) is 130 Å². The number of hydrogen-bond donors (Lipinski definition) is 4. The molecule has 7 rings (SSSR count). The maximum Gasteiger partial charge on any atom is 0.193 e. The van der Waals surface area contributed by atoms with Gasteiger partial charge in [0.15, 0.2) is 23.1 Å². The normalized spacial score (nSPS) is 27.0. The molecule has 0 aromatic heterocycles. The van der Waals surface area contributed by atoms with E-state index in [1.807, 2.05) is 133 Å². The zero-order valence-electron chi connectivity index (χ0n) is 33.2. The second kappa shape index (κ2) is 14.7. The van der Waals surface area contributed by atoms with Gasteiger partial charge in [0.2, 0.25) is 0 Å². The molecule has 288 valence electrons. The van der Waals surface area contributed by atoms with E-state index < -0.39 is 22.2 Å². The van der Waals surface area contributed by atoms with E-state index in [9.17, 15) is 9.59 Å². The number of rotatable bonds is 13. The standard InChI is InChI=1S/C48H52N4O4/c1-31(2)22-23-45(25-35-18-12-8-13-19-35)42(54)39(29-49-45)48(33(5)6)44(56)38(28-52-48)46(26-36-20-14-9-15-21-36)43(55)40(30-50-46)47(32(3)4)41(53)37(27-51-47)24-34-16-10-7-11-17-34/h7-22,27-30,32-33,49-52H,23-26H2,1-6H3/t45-,46+,47-,48-/m1/s1. The van der Waals surface area contributed by atoms with Crippen LogP contribution in [0.15, 0.2) is 150 Å². The number of benzene rings is 3. The predicted octanol–water partition coefficient (Wildman–Crippen LogP) is 6.56. The molecule has 0 radical (unpaired) electrons. The van der Waals surface area contributed by atoms with Crippen molar-refractivity contribution < 1.29 is 19.2 Å². The van der Waals surface area contributed by atoms with Crippen molar-refractivity contribution in [3.63, 3.8) is 0 Å². The smallest absolute Gasteiger partial charge is 0.193 e. The molecular weight excluding hydrogens is 697 g/mol. The molecule has 0 saturated heterocycles. The molecule has 0 bridgehead atoms. The molecule has 4 aliphatic heterocycles. The molecule has 4 N–H and O–H groups in total. The molecule has 0 amide bonds. The summed E-state index contributed by atoms with van der Waals surface area (Å²) in [6, 6.07) is 29.3. The first-order chi connectivity index (χ1) is 26.8. The summed E-state index contributed by atoms with van der Waals surface area (Å²) < 4.78 is 0. The minimum absolute atomic E-state index is 0.149. The van der Waals surface area contributed by atoms with Gasteiger partial charge in [-0.2, -0.15) is 0 Å². The predicted molar refractivity (Wildman–Crippen MR) is 220 cm³/mol. The highest BCUT2D eigenvalue weighted by Gasteiger charge is 2.64. The van der Waals surface area contributed by atoms with Crippen LogP contribution in [0.4, 0.5) is 0 Å². The zero-order chi connectivity index (χ0) is 39.9. The Morgan fingerprint density at radius 1 is 0.536 bits per heavy atom. The summed E-state index contributed by atoms with van der Waals surface area (Å²) in [5.41, 5.74) is 0.0303. The summed E-state index contributed by atoms with van der Waals surface area (Å²) in [6.07, 6.45) is 10.3. The van der Waals surface area contributed by atoms with Gasteiger partial charge in [-0.15, -0.1) is 0 Å². The molecular formula is C48H52N4O4. The van der Waals surface area contributed by atoms with Crippen molar-refractivity contribution in [1.29, 1.82) is 0 Å². The molecule has 0 saturated carbocycles. The Bertz CT molecular complexity index is 2210. The monoisotopic (exact) mass is 748 g/mol. The summed E-state index contributed by atoms with van der Waals surface area (Å²) in [4.78, 5) is 60.4. The molecule has 8 nitrogen and oxygen atoms in total. The van der Waals surface area contributed by atoms with Gasteiger partial charge in [0.05, 0.1) is 0 Å². The largest absolute Gasteiger partial charge is 0.378 e. The van der Waals surface area contributed by atoms with E-state index in [4.69, 9.17) is 0 Å². The van der Waals surface area contributed by atoms with Gasteiger partial charge >= 0.3 is 0 Å². The minimum atomic E-state index is -1.55. The maximum atomic E-state index is 15.5. The Balaban J connectivity index is 1.26. The molecule has 4 heterocycles. The quantitative estimate of drug-likeness (QED) is 0.145. The molecule has 0 unspecified atom stereocenters. The zero-order valence-corrected chi connectivity index (χ0v) is 33.2. The van der Waals surface area contributed by atoms with Crippen molar-refractivity contribution in [2.75, 3.05) is 0 Å². The number of hydrogen-bond acceptors (Lipinski definition) is 8. The van der Waals surface area contributed by atoms with Crippen molar-refractivity contribution in [3.8, 4) is 0 Å². The Morgan fingerprint density at radius 3 is 1.59 bits per heavy atom. The van der Waals surface area contributed by atoms with Gasteiger partial charge in [0, 0.05) is 66.4 Å². The Morgan fingerprint density at radius 2 is 1.02 bits per heavy atom. The van der Waals surface area contributed by atoms with Crippen molar-refractivity contribution >= 4 is 23.1 Å². The van der Waals surface area contributed by atoms with Crippen LogP contribution >= 0.6 is 0 Å². The molecule has 8 heteroatoms. The second-order valence-electron chi connectivity index (χ2n) is 16.6. The fourth-order valence-corrected chi connectivity index (χ4v) is 9.01. The third-order valence-electron chi connectivity index (χ3n) is 12.2. The third-order valence-corrected chi connectivity index (χ3v) is 12.2. The van der Waals surface area contributed by atoms with Crippen LogP contribution in [-0.4, -0.2) is 45.3 Å². The number of carbonyl (C=O) groups excluding carboxylic acids is 4. The number of ketones is 4. The lowest BCUT2D eigenvalue weighted by atomic mass is 9.66. The third kappa shape index (κ3) is 6.16. The van der Waals surface area contributed by atoms with Gasteiger partial charge in [0.1, 0.15) is 22.2 Å². The SMILES string of the molecule is CC(C)=CC[C@]1(Cc2ccccc2)NC=C([C@@]2(C(C)C)NC=C([C@]3(Cc4ccccc4)NC=C([C@@]4(C(C)C)NC=C(Cc5ccccc5)C4=O)C3=O)C2=O)C1=O. The summed E-state index contributed by atoms with van der Waals surface area (Å²) in [6.45, 7) is 11.7. The van der Waals surface area contributed by atoms with Crippen LogP contribution in [0.3, 0.4) is 0 Å². The van der Waals surface area contributed by atoms with Gasteiger partial charge in [-0.25, -0.2) is 0 Å². The molecule has 4 aliphatic rings. The maximum absolute atomic E-state index is 15.5. The number of Topliss-reactive ketones (excluding diaryl/α,β-unsaturated/α-hetero) is 4. The summed E-state index contributed by atoms with van der Waals surface area (Å²) in [5.74, 6) is -1.69. The van der Waals surface area contributed by atoms with E-state index in [0.717, 1.165) is 22.3 Å². The average Bonchev–Trinajstić information content (AvgIpc) is 3.91. The van der Waals surface area contributed by atoms with Crippen LogP contribution < -0.4 is 21.3 Å². The van der Waals surface area contributed by atoms with E-state index in [2.05, 4.69) is 27.3 Å². The van der Waals surface area contributed by atoms with Crippen LogP contribution in [0, 0.1) is 11.8 Å². The molecule has 56 heavy (non-hydrogen) atoms. The van der Waals surface area contributed by atoms with Crippen molar-refractivity contribution in [1.82, 2.24) is 21.3 Å². The number of allylic oxidation sites excluding steroid dienone is 1. The summed E-state index contributed by atoms with van der Waals surface area (Å²) >= 11 is 0. The van der Waals surface area contributed by atoms with E-state index in [1.165, 1.54) is 0 Å². The van der Waals surface area contributed by atoms with Crippen molar-refractivity contribution in [2.24, 2.45) is 11.8 Å². The van der Waals surface area contributed by atoms with Crippen LogP contribution in [0.25, 0.3) is 0 Å². The highest BCUT2D eigenvalue weighted by atomic mass is 16.2. The van der Waals surface area contributed by atoms with Crippen LogP contribution in [0.5, 0.6) is 0 Å². The Kier molecular flexibility index (Phi) is 10.1. The first-order valence-electron chi connectivity index (χ1n) is 19.7. The summed E-state index contributed by atoms with van der Waals surface area (Å²) in [7, 11) is 0. The van der Waals surface area contributed by atoms with Gasteiger partial charge < -0.3 is 21.3 Å². The molecule has 0 aliphatic carbocycles. The minimum Gasteiger partial charge on any atom is -0.378 e. The Hall–Kier alpha value is -5.76. The van der Waals surface area contributed by atoms with E-state index in [0.29, 0.717) is 30.4 Å². The lowest BCUT2D eigenvalue weighted by molar-refractivity contribution is -0.128. The lowest BCUT2D eigenvalue weighted by Gasteiger charge is -2.38. The van der Waals surface area contributed by atoms with Crippen molar-refractivity contribution in [2.45, 2.75) is 89.4 Å². The van der Waals surface area contributed by atoms with E-state index >= 15 is 9.59 Å². The molecule has 3 aromatic rings. The van der Waals surface area contributed by atoms with Gasteiger partial charge in [-0.05, 0) is 48.8 Å². The van der Waals surface area contributed by atoms with E-state index in [-0.39, 0.29) is 52.5 Å². The van der Waals surface area contributed by atoms with Crippen LogP contribution in [0.1, 0.15) is 64.7 Å². The lowest BCUT2D eigenvalue weighted by Crippen LogP contribution is -2.60. The highest BCUT2D eigenvalue weighted by Crippen LogP contribution is 2.47. The van der Waals surface area contributed by atoms with Crippen LogP contribution in [0.2, 0.25) is 0 Å². The molecule has 3 aromatic carbocycles. The topological polar surface area (TPSA) is 116 Å². The highest BCUT2D eigenvalue weighted by molar-refractivity contribution is 6.25. The summed E-state index contributed by atoms with van der Waals surface area (Å²) in [5, 5.41) is 13.7. The second-order valence-corrected chi connectivity index (χ2v) is 16.6. The van der Waals surface area contributed by atoms with Crippen LogP contribution in [-0.2, 0) is 38.4 Å². The first kappa shape index (κ1) is 38.5. The van der Waals surface area contributed by atoms with Gasteiger partial charge in [0.25, 0.3) is 0 Å². The average molecular weight is 749 g/mol.